The fourth-order valence-corrected chi connectivity index (χ4v) is 4.14. The van der Waals surface area contributed by atoms with Crippen LogP contribution in [0.2, 0.25) is 0 Å². The summed E-state index contributed by atoms with van der Waals surface area (Å²) in [5.41, 5.74) is 2.43. The molecule has 0 bridgehead atoms. The van der Waals surface area contributed by atoms with Gasteiger partial charge in [0.1, 0.15) is 29.1 Å². The molecule has 4 aromatic rings. The van der Waals surface area contributed by atoms with Crippen LogP contribution in [0, 0.1) is 5.82 Å². The molecule has 154 valence electrons. The van der Waals surface area contributed by atoms with Crippen molar-refractivity contribution in [3.8, 4) is 16.9 Å². The molecular weight excluding hydrogens is 403 g/mol. The number of aryl methyl sites for hydroxylation is 1. The summed E-state index contributed by atoms with van der Waals surface area (Å²) in [6.07, 6.45) is 1.51. The van der Waals surface area contributed by atoms with Crippen LogP contribution in [-0.4, -0.2) is 27.4 Å². The molecule has 5 nitrogen and oxygen atoms in total. The lowest BCUT2D eigenvalue weighted by Gasteiger charge is -2.14. The van der Waals surface area contributed by atoms with Gasteiger partial charge in [-0.3, -0.25) is 9.36 Å². The molecule has 7 heteroatoms. The van der Waals surface area contributed by atoms with E-state index in [1.165, 1.54) is 39.9 Å². The van der Waals surface area contributed by atoms with E-state index in [1.54, 1.807) is 12.1 Å². The number of hydrogen-bond donors (Lipinski definition) is 1. The molecule has 2 aromatic heterocycles. The van der Waals surface area contributed by atoms with Crippen LogP contribution in [0.3, 0.4) is 0 Å². The van der Waals surface area contributed by atoms with Gasteiger partial charge in [-0.05, 0) is 41.8 Å². The first-order valence-electron chi connectivity index (χ1n) is 9.67. The van der Waals surface area contributed by atoms with E-state index in [0.717, 1.165) is 12.0 Å². The van der Waals surface area contributed by atoms with E-state index in [0.29, 0.717) is 21.5 Å². The SMILES string of the molecule is CCc1ccc(OC[C@@H](O)Cn2cnc3scc(-c4ccc(F)cc4)c3c2=O)cc1. The van der Waals surface area contributed by atoms with Crippen molar-refractivity contribution in [2.75, 3.05) is 6.61 Å². The number of thiophene rings is 1. The van der Waals surface area contributed by atoms with Gasteiger partial charge in [0.05, 0.1) is 18.3 Å². The molecule has 4 rings (SSSR count). The third-order valence-electron chi connectivity index (χ3n) is 4.90. The molecule has 0 fully saturated rings. The highest BCUT2D eigenvalue weighted by molar-refractivity contribution is 7.17. The molecule has 0 spiro atoms. The van der Waals surface area contributed by atoms with Gasteiger partial charge in [-0.25, -0.2) is 9.37 Å². The summed E-state index contributed by atoms with van der Waals surface area (Å²) < 4.78 is 20.3. The molecule has 0 aliphatic rings. The molecule has 1 N–H and O–H groups in total. The number of fused-ring (bicyclic) bond motifs is 1. The number of benzene rings is 2. The second-order valence-corrected chi connectivity index (χ2v) is 7.86. The number of hydrogen-bond acceptors (Lipinski definition) is 5. The van der Waals surface area contributed by atoms with Gasteiger partial charge in [-0.15, -0.1) is 11.3 Å². The summed E-state index contributed by atoms with van der Waals surface area (Å²) in [6.45, 7) is 2.20. The summed E-state index contributed by atoms with van der Waals surface area (Å²) in [4.78, 5) is 18.0. The summed E-state index contributed by atoms with van der Waals surface area (Å²) in [7, 11) is 0. The number of aliphatic hydroxyl groups excluding tert-OH is 1. The van der Waals surface area contributed by atoms with E-state index >= 15 is 0 Å². The molecule has 0 aliphatic carbocycles. The zero-order valence-electron chi connectivity index (χ0n) is 16.4. The summed E-state index contributed by atoms with van der Waals surface area (Å²) in [6, 6.07) is 13.7. The van der Waals surface area contributed by atoms with Gasteiger partial charge in [0.25, 0.3) is 5.56 Å². The van der Waals surface area contributed by atoms with Gasteiger partial charge in [0, 0.05) is 10.9 Å². The highest BCUT2D eigenvalue weighted by Gasteiger charge is 2.15. The molecule has 0 aliphatic heterocycles. The van der Waals surface area contributed by atoms with Crippen LogP contribution >= 0.6 is 11.3 Å². The quantitative estimate of drug-likeness (QED) is 0.481. The first-order chi connectivity index (χ1) is 14.5. The van der Waals surface area contributed by atoms with Crippen LogP contribution in [0.5, 0.6) is 5.75 Å². The van der Waals surface area contributed by atoms with Crippen LogP contribution < -0.4 is 10.3 Å². The Hall–Kier alpha value is -3.03. The Bertz CT molecular complexity index is 1200. The summed E-state index contributed by atoms with van der Waals surface area (Å²) in [5.74, 6) is 0.338. The smallest absolute Gasteiger partial charge is 0.262 e. The number of aromatic nitrogens is 2. The van der Waals surface area contributed by atoms with E-state index in [-0.39, 0.29) is 24.5 Å². The number of ether oxygens (including phenoxy) is 1. The van der Waals surface area contributed by atoms with Crippen LogP contribution in [0.1, 0.15) is 12.5 Å². The van der Waals surface area contributed by atoms with E-state index in [4.69, 9.17) is 4.74 Å². The average molecular weight is 424 g/mol. The maximum atomic E-state index is 13.2. The number of rotatable bonds is 7. The zero-order chi connectivity index (χ0) is 21.1. The second kappa shape index (κ2) is 8.77. The Morgan fingerprint density at radius 1 is 1.17 bits per heavy atom. The van der Waals surface area contributed by atoms with Gasteiger partial charge in [0.2, 0.25) is 0 Å². The average Bonchev–Trinajstić information content (AvgIpc) is 3.20. The Labute approximate surface area is 177 Å². The molecule has 0 saturated heterocycles. The molecule has 0 radical (unpaired) electrons. The van der Waals surface area contributed by atoms with Gasteiger partial charge in [0.15, 0.2) is 0 Å². The van der Waals surface area contributed by atoms with Crippen molar-refractivity contribution in [2.45, 2.75) is 26.0 Å². The van der Waals surface area contributed by atoms with Crippen LogP contribution in [0.15, 0.2) is 65.0 Å². The van der Waals surface area contributed by atoms with Gasteiger partial charge >= 0.3 is 0 Å². The van der Waals surface area contributed by atoms with E-state index in [2.05, 4.69) is 11.9 Å². The Morgan fingerprint density at radius 2 is 1.90 bits per heavy atom. The standard InChI is InChI=1S/C23H21FN2O3S/c1-2-15-3-9-19(10-4-15)29-12-18(27)11-26-14-25-22-21(23(26)28)20(13-30-22)16-5-7-17(24)8-6-16/h3-10,13-14,18,27H,2,11-12H2,1H3/t18-/m0/s1. The van der Waals surface area contributed by atoms with E-state index in [1.807, 2.05) is 29.6 Å². The first kappa shape index (κ1) is 20.3. The third kappa shape index (κ3) is 4.27. The fourth-order valence-electron chi connectivity index (χ4n) is 3.23. The number of aliphatic hydroxyl groups is 1. The Kier molecular flexibility index (Phi) is 5.92. The molecule has 0 amide bonds. The predicted octanol–water partition coefficient (Wildman–Crippen LogP) is 4.27. The highest BCUT2D eigenvalue weighted by atomic mass is 32.1. The van der Waals surface area contributed by atoms with Crippen molar-refractivity contribution in [2.24, 2.45) is 0 Å². The molecule has 0 unspecified atom stereocenters. The molecular formula is C23H21FN2O3S. The van der Waals surface area contributed by atoms with Crippen LogP contribution in [-0.2, 0) is 13.0 Å². The molecule has 0 saturated carbocycles. The minimum atomic E-state index is -0.874. The van der Waals surface area contributed by atoms with Gasteiger partial charge in [-0.2, -0.15) is 0 Å². The fraction of sp³-hybridized carbons (Fsp3) is 0.217. The van der Waals surface area contributed by atoms with Crippen molar-refractivity contribution >= 4 is 21.6 Å². The Balaban J connectivity index is 1.52. The molecule has 2 heterocycles. The predicted molar refractivity (Wildman–Crippen MR) is 117 cm³/mol. The van der Waals surface area contributed by atoms with Crippen LogP contribution in [0.4, 0.5) is 4.39 Å². The van der Waals surface area contributed by atoms with E-state index in [9.17, 15) is 14.3 Å². The van der Waals surface area contributed by atoms with E-state index < -0.39 is 6.10 Å². The van der Waals surface area contributed by atoms with Crippen molar-refractivity contribution in [1.29, 1.82) is 0 Å². The topological polar surface area (TPSA) is 64.3 Å². The first-order valence-corrected chi connectivity index (χ1v) is 10.6. The minimum Gasteiger partial charge on any atom is -0.491 e. The molecule has 2 aromatic carbocycles. The monoisotopic (exact) mass is 424 g/mol. The number of nitrogens with zero attached hydrogens (tertiary/aromatic N) is 2. The third-order valence-corrected chi connectivity index (χ3v) is 5.78. The van der Waals surface area contributed by atoms with Crippen LogP contribution in [0.25, 0.3) is 21.3 Å². The largest absolute Gasteiger partial charge is 0.491 e. The Morgan fingerprint density at radius 3 is 2.60 bits per heavy atom. The normalized spacial score (nSPS) is 12.2. The van der Waals surface area contributed by atoms with Crippen molar-refractivity contribution in [3.05, 3.63) is 82.0 Å². The second-order valence-electron chi connectivity index (χ2n) is 7.00. The van der Waals surface area contributed by atoms with Gasteiger partial charge in [-0.1, -0.05) is 31.2 Å². The maximum absolute atomic E-state index is 13.2. The van der Waals surface area contributed by atoms with Gasteiger partial charge < -0.3 is 9.84 Å². The minimum absolute atomic E-state index is 0.0599. The summed E-state index contributed by atoms with van der Waals surface area (Å²) in [5, 5.41) is 12.7. The lowest BCUT2D eigenvalue weighted by atomic mass is 10.1. The molecule has 30 heavy (non-hydrogen) atoms. The van der Waals surface area contributed by atoms with Crippen molar-refractivity contribution in [1.82, 2.24) is 9.55 Å². The molecule has 1 atom stereocenters. The maximum Gasteiger partial charge on any atom is 0.262 e. The summed E-state index contributed by atoms with van der Waals surface area (Å²) >= 11 is 1.36. The highest BCUT2D eigenvalue weighted by Crippen LogP contribution is 2.30. The lowest BCUT2D eigenvalue weighted by molar-refractivity contribution is 0.0915. The van der Waals surface area contributed by atoms with Crippen molar-refractivity contribution in [3.63, 3.8) is 0 Å². The van der Waals surface area contributed by atoms with Crippen molar-refractivity contribution < 1.29 is 14.2 Å². The zero-order valence-corrected chi connectivity index (χ0v) is 17.2. The number of halogens is 1. The lowest BCUT2D eigenvalue weighted by Crippen LogP contribution is -2.30.